The topological polar surface area (TPSA) is 26.5 Å². The van der Waals surface area contributed by atoms with Crippen LogP contribution in [0.15, 0.2) is 47.6 Å². The molecule has 3 heteroatoms. The first-order valence-electron chi connectivity index (χ1n) is 6.42. The number of hydrogen-bond donors (Lipinski definition) is 0. The molecule has 96 valence electrons. The molecule has 0 saturated carbocycles. The lowest BCUT2D eigenvalue weighted by molar-refractivity contribution is 0.215. The van der Waals surface area contributed by atoms with E-state index in [4.69, 9.17) is 4.84 Å². The normalized spacial score (nSPS) is 11.7. The van der Waals surface area contributed by atoms with Crippen LogP contribution in [0.4, 0.5) is 0 Å². The summed E-state index contributed by atoms with van der Waals surface area (Å²) in [5.41, 5.74) is 3.59. The van der Waals surface area contributed by atoms with Crippen molar-refractivity contribution in [2.75, 3.05) is 7.11 Å². The second kappa shape index (κ2) is 4.76. The van der Waals surface area contributed by atoms with Crippen LogP contribution in [0.5, 0.6) is 0 Å². The standard InChI is InChI=1S/C16H16N2O/c1-3-18-15-7-5-4-6-13(15)14-10-12(11-17-19-2)8-9-16(14)18/h4-11H,3H2,1-2H3/b17-11-. The fraction of sp³-hybridized carbons (Fsp3) is 0.188. The van der Waals surface area contributed by atoms with E-state index in [1.54, 1.807) is 13.3 Å². The fourth-order valence-electron chi connectivity index (χ4n) is 2.61. The molecule has 0 aliphatic heterocycles. The molecule has 3 nitrogen and oxygen atoms in total. The highest BCUT2D eigenvalue weighted by molar-refractivity contribution is 6.09. The molecule has 19 heavy (non-hydrogen) atoms. The number of para-hydroxylation sites is 1. The van der Waals surface area contributed by atoms with E-state index in [-0.39, 0.29) is 0 Å². The van der Waals surface area contributed by atoms with Crippen molar-refractivity contribution in [3.05, 3.63) is 48.0 Å². The van der Waals surface area contributed by atoms with Gasteiger partial charge in [-0.05, 0) is 30.7 Å². The molecule has 2 aromatic carbocycles. The number of rotatable bonds is 3. The molecule has 0 fully saturated rings. The van der Waals surface area contributed by atoms with Gasteiger partial charge in [0.15, 0.2) is 0 Å². The molecule has 3 rings (SSSR count). The van der Waals surface area contributed by atoms with Crippen LogP contribution in [0.2, 0.25) is 0 Å². The Morgan fingerprint density at radius 2 is 1.89 bits per heavy atom. The molecule has 0 N–H and O–H groups in total. The molecule has 1 heterocycles. The molecule has 1 aromatic heterocycles. The van der Waals surface area contributed by atoms with Gasteiger partial charge in [-0.15, -0.1) is 0 Å². The van der Waals surface area contributed by atoms with Crippen molar-refractivity contribution in [1.82, 2.24) is 4.57 Å². The minimum atomic E-state index is 0.968. The van der Waals surface area contributed by atoms with Gasteiger partial charge in [-0.3, -0.25) is 0 Å². The number of aryl methyl sites for hydroxylation is 1. The lowest BCUT2D eigenvalue weighted by Gasteiger charge is -2.02. The first-order chi connectivity index (χ1) is 9.35. The molecule has 0 amide bonds. The molecule has 3 aromatic rings. The largest absolute Gasteiger partial charge is 0.399 e. The smallest absolute Gasteiger partial charge is 0.106 e. The second-order valence-corrected chi connectivity index (χ2v) is 4.46. The molecule has 0 aliphatic rings. The number of nitrogens with zero attached hydrogens (tertiary/aromatic N) is 2. The maximum absolute atomic E-state index is 4.74. The van der Waals surface area contributed by atoms with E-state index in [1.165, 1.54) is 21.8 Å². The summed E-state index contributed by atoms with van der Waals surface area (Å²) in [7, 11) is 1.55. The zero-order chi connectivity index (χ0) is 13.2. The van der Waals surface area contributed by atoms with Crippen LogP contribution < -0.4 is 0 Å². The summed E-state index contributed by atoms with van der Waals surface area (Å²) in [5.74, 6) is 0. The molecule has 0 atom stereocenters. The summed E-state index contributed by atoms with van der Waals surface area (Å²) >= 11 is 0. The van der Waals surface area contributed by atoms with Crippen molar-refractivity contribution >= 4 is 28.0 Å². The summed E-state index contributed by atoms with van der Waals surface area (Å²) in [5, 5.41) is 6.37. The van der Waals surface area contributed by atoms with Crippen LogP contribution in [-0.4, -0.2) is 17.9 Å². The number of aromatic nitrogens is 1. The van der Waals surface area contributed by atoms with Crippen molar-refractivity contribution in [1.29, 1.82) is 0 Å². The van der Waals surface area contributed by atoms with E-state index in [9.17, 15) is 0 Å². The van der Waals surface area contributed by atoms with E-state index in [0.717, 1.165) is 12.1 Å². The molecular formula is C16H16N2O. The van der Waals surface area contributed by atoms with Crippen molar-refractivity contribution in [3.63, 3.8) is 0 Å². The van der Waals surface area contributed by atoms with Crippen molar-refractivity contribution in [2.24, 2.45) is 5.16 Å². The third-order valence-electron chi connectivity index (χ3n) is 3.42. The van der Waals surface area contributed by atoms with Gasteiger partial charge in [0, 0.05) is 28.4 Å². The molecule has 0 unspecified atom stereocenters. The predicted molar refractivity (Wildman–Crippen MR) is 79.7 cm³/mol. The third kappa shape index (κ3) is 1.87. The molecular weight excluding hydrogens is 236 g/mol. The first-order valence-corrected chi connectivity index (χ1v) is 6.42. The minimum absolute atomic E-state index is 0.968. The Bertz CT molecular complexity index is 756. The zero-order valence-electron chi connectivity index (χ0n) is 11.1. The van der Waals surface area contributed by atoms with Gasteiger partial charge in [-0.1, -0.05) is 29.4 Å². The molecule has 0 bridgehead atoms. The van der Waals surface area contributed by atoms with E-state index >= 15 is 0 Å². The zero-order valence-corrected chi connectivity index (χ0v) is 11.1. The van der Waals surface area contributed by atoms with Crippen LogP contribution in [0.1, 0.15) is 12.5 Å². The molecule has 0 aliphatic carbocycles. The lowest BCUT2D eigenvalue weighted by atomic mass is 10.1. The molecule has 0 radical (unpaired) electrons. The average Bonchev–Trinajstić information content (AvgIpc) is 2.78. The minimum Gasteiger partial charge on any atom is -0.399 e. The summed E-state index contributed by atoms with van der Waals surface area (Å²) < 4.78 is 2.34. The Morgan fingerprint density at radius 3 is 2.68 bits per heavy atom. The van der Waals surface area contributed by atoms with Gasteiger partial charge in [-0.25, -0.2) is 0 Å². The van der Waals surface area contributed by atoms with Gasteiger partial charge in [0.1, 0.15) is 7.11 Å². The van der Waals surface area contributed by atoms with E-state index < -0.39 is 0 Å². The van der Waals surface area contributed by atoms with E-state index in [0.29, 0.717) is 0 Å². The Kier molecular flexibility index (Phi) is 2.95. The number of fused-ring (bicyclic) bond motifs is 3. The predicted octanol–water partition coefficient (Wildman–Crippen LogP) is 3.79. The maximum atomic E-state index is 4.74. The first kappa shape index (κ1) is 11.8. The number of oxime groups is 1. The van der Waals surface area contributed by atoms with Crippen molar-refractivity contribution < 1.29 is 4.84 Å². The monoisotopic (exact) mass is 252 g/mol. The SMILES string of the molecule is CCn1c2ccccc2c2cc(/C=N\OC)ccc21. The van der Waals surface area contributed by atoms with Crippen LogP contribution in [0.3, 0.4) is 0 Å². The summed E-state index contributed by atoms with van der Waals surface area (Å²) in [6, 6.07) is 14.9. The van der Waals surface area contributed by atoms with Gasteiger partial charge in [0.25, 0.3) is 0 Å². The summed E-state index contributed by atoms with van der Waals surface area (Å²) in [6.45, 7) is 3.14. The Hall–Kier alpha value is -2.29. The highest BCUT2D eigenvalue weighted by Gasteiger charge is 2.08. The van der Waals surface area contributed by atoms with Crippen LogP contribution >= 0.6 is 0 Å². The van der Waals surface area contributed by atoms with E-state index in [2.05, 4.69) is 59.1 Å². The van der Waals surface area contributed by atoms with Crippen LogP contribution in [-0.2, 0) is 11.4 Å². The summed E-state index contributed by atoms with van der Waals surface area (Å²) in [6.07, 6.45) is 1.73. The lowest BCUT2D eigenvalue weighted by Crippen LogP contribution is -1.92. The third-order valence-corrected chi connectivity index (χ3v) is 3.42. The summed E-state index contributed by atoms with van der Waals surface area (Å²) in [4.78, 5) is 4.74. The fourth-order valence-corrected chi connectivity index (χ4v) is 2.61. The maximum Gasteiger partial charge on any atom is 0.106 e. The molecule has 0 spiro atoms. The van der Waals surface area contributed by atoms with Gasteiger partial charge >= 0.3 is 0 Å². The highest BCUT2D eigenvalue weighted by atomic mass is 16.6. The van der Waals surface area contributed by atoms with Crippen LogP contribution in [0, 0.1) is 0 Å². The van der Waals surface area contributed by atoms with Gasteiger partial charge < -0.3 is 9.40 Å². The quantitative estimate of drug-likeness (QED) is 0.514. The Labute approximate surface area is 112 Å². The van der Waals surface area contributed by atoms with Gasteiger partial charge in [0.05, 0.1) is 6.21 Å². The van der Waals surface area contributed by atoms with Crippen molar-refractivity contribution in [3.8, 4) is 0 Å². The van der Waals surface area contributed by atoms with Gasteiger partial charge in [-0.2, -0.15) is 0 Å². The van der Waals surface area contributed by atoms with E-state index in [1.807, 2.05) is 0 Å². The number of benzene rings is 2. The Balaban J connectivity index is 2.33. The van der Waals surface area contributed by atoms with Gasteiger partial charge in [0.2, 0.25) is 0 Å². The molecule has 0 saturated heterocycles. The van der Waals surface area contributed by atoms with Crippen molar-refractivity contribution in [2.45, 2.75) is 13.5 Å². The number of hydrogen-bond acceptors (Lipinski definition) is 2. The highest BCUT2D eigenvalue weighted by Crippen LogP contribution is 2.29. The van der Waals surface area contributed by atoms with Crippen LogP contribution in [0.25, 0.3) is 21.8 Å². The average molecular weight is 252 g/mol. The second-order valence-electron chi connectivity index (χ2n) is 4.46. The Morgan fingerprint density at radius 1 is 1.11 bits per heavy atom.